The fourth-order valence-corrected chi connectivity index (χ4v) is 3.92. The van der Waals surface area contributed by atoms with Crippen LogP contribution in [0.1, 0.15) is 28.5 Å². The number of fused-ring (bicyclic) bond motifs is 1. The summed E-state index contributed by atoms with van der Waals surface area (Å²) in [6.45, 7) is 4.46. The van der Waals surface area contributed by atoms with Crippen molar-refractivity contribution in [3.05, 3.63) is 76.7 Å². The highest BCUT2D eigenvalue weighted by Crippen LogP contribution is 2.33. The zero-order valence-electron chi connectivity index (χ0n) is 18.1. The Morgan fingerprint density at radius 1 is 1.28 bits per heavy atom. The number of carbonyl (C=O) groups is 1. The first-order valence-electron chi connectivity index (χ1n) is 10.2. The van der Waals surface area contributed by atoms with Gasteiger partial charge < -0.3 is 9.64 Å². The maximum atomic E-state index is 13.2. The van der Waals surface area contributed by atoms with E-state index in [0.29, 0.717) is 35.2 Å². The van der Waals surface area contributed by atoms with Gasteiger partial charge in [0.25, 0.3) is 5.91 Å². The van der Waals surface area contributed by atoms with Gasteiger partial charge >= 0.3 is 0 Å². The Bertz CT molecular complexity index is 1300. The molecule has 0 aliphatic heterocycles. The van der Waals surface area contributed by atoms with Gasteiger partial charge in [-0.3, -0.25) is 15.1 Å². The van der Waals surface area contributed by atoms with Crippen molar-refractivity contribution in [2.45, 2.75) is 20.4 Å². The first-order chi connectivity index (χ1) is 15.4. The summed E-state index contributed by atoms with van der Waals surface area (Å²) in [6, 6.07) is 12.9. The Morgan fingerprint density at radius 2 is 2.09 bits per heavy atom. The molecule has 0 bridgehead atoms. The summed E-state index contributed by atoms with van der Waals surface area (Å²) in [5.74, 6) is 0.454. The van der Waals surface area contributed by atoms with Crippen LogP contribution in [0.2, 0.25) is 5.02 Å². The van der Waals surface area contributed by atoms with E-state index in [0.717, 1.165) is 32.3 Å². The average Bonchev–Trinajstić information content (AvgIpc) is 3.27. The molecule has 8 heteroatoms. The van der Waals surface area contributed by atoms with Gasteiger partial charge in [-0.25, -0.2) is 0 Å². The SMILES string of the molecule is CCOc1cc(C(=O)N(C)Cc2c[n+](O)c(C)c3cn[nH]c23)ccc1-c1cccc(Cl)c1. The standard InChI is InChI=1S/C24H23ClN4O3/c1-4-32-22-11-17(8-9-20(22)16-6-5-7-19(25)10-16)24(30)28(3)13-18-14-29(31)15(2)21-12-26-27-23(18)21/h5-12,14,31H,4,13H2,1-3H3/p+1. The van der Waals surface area contributed by atoms with E-state index in [1.165, 1.54) is 0 Å². The van der Waals surface area contributed by atoms with E-state index in [9.17, 15) is 10.0 Å². The van der Waals surface area contributed by atoms with Crippen LogP contribution in [0.4, 0.5) is 0 Å². The zero-order chi connectivity index (χ0) is 22.8. The number of nitrogens with zero attached hydrogens (tertiary/aromatic N) is 3. The van der Waals surface area contributed by atoms with Crippen molar-refractivity contribution in [3.8, 4) is 16.9 Å². The number of hydrogen-bond acceptors (Lipinski definition) is 4. The first kappa shape index (κ1) is 21.6. The van der Waals surface area contributed by atoms with Crippen LogP contribution in [0.5, 0.6) is 5.75 Å². The number of carbonyl (C=O) groups excluding carboxylic acids is 1. The Balaban J connectivity index is 1.64. The van der Waals surface area contributed by atoms with Crippen molar-refractivity contribution < 1.29 is 19.5 Å². The normalized spacial score (nSPS) is 11.0. The van der Waals surface area contributed by atoms with Crippen LogP contribution in [0.25, 0.3) is 22.0 Å². The number of amides is 1. The lowest BCUT2D eigenvalue weighted by molar-refractivity contribution is -0.908. The lowest BCUT2D eigenvalue weighted by atomic mass is 10.0. The van der Waals surface area contributed by atoms with Crippen molar-refractivity contribution in [2.75, 3.05) is 13.7 Å². The van der Waals surface area contributed by atoms with E-state index in [4.69, 9.17) is 16.3 Å². The number of hydrogen-bond donors (Lipinski definition) is 2. The number of benzene rings is 2. The third-order valence-corrected chi connectivity index (χ3v) is 5.63. The number of rotatable bonds is 6. The second-order valence-electron chi connectivity index (χ2n) is 7.56. The van der Waals surface area contributed by atoms with E-state index >= 15 is 0 Å². The van der Waals surface area contributed by atoms with Gasteiger partial charge in [0.15, 0.2) is 0 Å². The molecule has 4 aromatic rings. The molecule has 0 aliphatic rings. The van der Waals surface area contributed by atoms with E-state index in [2.05, 4.69) is 10.2 Å². The maximum absolute atomic E-state index is 13.2. The summed E-state index contributed by atoms with van der Waals surface area (Å²) in [7, 11) is 1.72. The Kier molecular flexibility index (Phi) is 6.01. The molecule has 0 spiro atoms. The number of H-pyrrole nitrogens is 1. The van der Waals surface area contributed by atoms with E-state index < -0.39 is 0 Å². The number of nitrogens with one attached hydrogen (secondary N) is 1. The van der Waals surface area contributed by atoms with Gasteiger partial charge in [-0.05, 0) is 42.8 Å². The van der Waals surface area contributed by atoms with Gasteiger partial charge in [-0.1, -0.05) is 23.7 Å². The minimum Gasteiger partial charge on any atom is -0.493 e. The molecule has 2 aromatic carbocycles. The fraction of sp³-hybridized carbons (Fsp3) is 0.208. The van der Waals surface area contributed by atoms with Gasteiger partial charge in [0.1, 0.15) is 5.75 Å². The maximum Gasteiger partial charge on any atom is 0.254 e. The third kappa shape index (κ3) is 4.11. The predicted molar refractivity (Wildman–Crippen MR) is 122 cm³/mol. The number of aromatic nitrogens is 3. The van der Waals surface area contributed by atoms with E-state index in [1.807, 2.05) is 37.3 Å². The molecule has 32 heavy (non-hydrogen) atoms. The molecule has 7 nitrogen and oxygen atoms in total. The molecule has 0 radical (unpaired) electrons. The van der Waals surface area contributed by atoms with Crippen LogP contribution in [0.3, 0.4) is 0 Å². The van der Waals surface area contributed by atoms with Crippen molar-refractivity contribution in [1.82, 2.24) is 15.1 Å². The number of aromatic amines is 1. The third-order valence-electron chi connectivity index (χ3n) is 5.39. The van der Waals surface area contributed by atoms with Crippen molar-refractivity contribution >= 4 is 28.4 Å². The molecular formula is C24H24ClN4O3+. The highest BCUT2D eigenvalue weighted by Gasteiger charge is 2.21. The average molecular weight is 452 g/mol. The summed E-state index contributed by atoms with van der Waals surface area (Å²) < 4.78 is 6.89. The quantitative estimate of drug-likeness (QED) is 0.336. The van der Waals surface area contributed by atoms with E-state index in [1.54, 1.807) is 43.4 Å². The van der Waals surface area contributed by atoms with Crippen LogP contribution in [-0.2, 0) is 6.54 Å². The Morgan fingerprint density at radius 3 is 2.84 bits per heavy atom. The van der Waals surface area contributed by atoms with Crippen LogP contribution in [0, 0.1) is 6.92 Å². The number of aryl methyl sites for hydroxylation is 1. The topological polar surface area (TPSA) is 82.3 Å². The highest BCUT2D eigenvalue weighted by atomic mass is 35.5. The number of pyridine rings is 1. The molecular weight excluding hydrogens is 428 g/mol. The van der Waals surface area contributed by atoms with Crippen LogP contribution in [0.15, 0.2) is 54.9 Å². The van der Waals surface area contributed by atoms with Gasteiger partial charge in [0.05, 0.1) is 35.8 Å². The monoisotopic (exact) mass is 451 g/mol. The van der Waals surface area contributed by atoms with Crippen LogP contribution >= 0.6 is 11.6 Å². The fourth-order valence-electron chi connectivity index (χ4n) is 3.73. The van der Waals surface area contributed by atoms with Crippen LogP contribution < -0.4 is 9.47 Å². The van der Waals surface area contributed by atoms with Crippen molar-refractivity contribution in [1.29, 1.82) is 0 Å². The molecule has 0 atom stereocenters. The summed E-state index contributed by atoms with van der Waals surface area (Å²) in [5, 5.41) is 18.6. The summed E-state index contributed by atoms with van der Waals surface area (Å²) >= 11 is 6.15. The summed E-state index contributed by atoms with van der Waals surface area (Å²) in [6.07, 6.45) is 3.25. The molecule has 4 rings (SSSR count). The molecule has 2 aromatic heterocycles. The largest absolute Gasteiger partial charge is 0.493 e. The smallest absolute Gasteiger partial charge is 0.254 e. The molecule has 0 unspecified atom stereocenters. The number of halogens is 1. The molecule has 1 amide bonds. The minimum absolute atomic E-state index is 0.165. The second kappa shape index (κ2) is 8.88. The lowest BCUT2D eigenvalue weighted by Crippen LogP contribution is -2.35. The Hall–Kier alpha value is -3.58. The predicted octanol–water partition coefficient (Wildman–Crippen LogP) is 4.39. The molecule has 0 aliphatic carbocycles. The molecule has 0 fully saturated rings. The summed E-state index contributed by atoms with van der Waals surface area (Å²) in [4.78, 5) is 14.8. The highest BCUT2D eigenvalue weighted by molar-refractivity contribution is 6.30. The number of ether oxygens (including phenoxy) is 1. The molecule has 0 saturated heterocycles. The van der Waals surface area contributed by atoms with Gasteiger partial charge in [0.2, 0.25) is 11.9 Å². The van der Waals surface area contributed by atoms with Crippen molar-refractivity contribution in [3.63, 3.8) is 0 Å². The van der Waals surface area contributed by atoms with Gasteiger partial charge in [0, 0.05) is 34.9 Å². The first-order valence-corrected chi connectivity index (χ1v) is 10.6. The van der Waals surface area contributed by atoms with Gasteiger partial charge in [-0.2, -0.15) is 5.10 Å². The molecule has 164 valence electrons. The molecule has 0 saturated carbocycles. The van der Waals surface area contributed by atoms with E-state index in [-0.39, 0.29) is 5.91 Å². The second-order valence-corrected chi connectivity index (χ2v) is 7.99. The lowest BCUT2D eigenvalue weighted by Gasteiger charge is -2.18. The van der Waals surface area contributed by atoms with Crippen molar-refractivity contribution in [2.24, 2.45) is 0 Å². The molecule has 2 heterocycles. The minimum atomic E-state index is -0.165. The summed E-state index contributed by atoms with van der Waals surface area (Å²) in [5.41, 5.74) is 4.51. The zero-order valence-corrected chi connectivity index (χ0v) is 18.8. The molecule has 2 N–H and O–H groups in total. The van der Waals surface area contributed by atoms with Crippen LogP contribution in [-0.4, -0.2) is 39.9 Å². The Labute approximate surface area is 190 Å². The van der Waals surface area contributed by atoms with Gasteiger partial charge in [-0.15, -0.1) is 0 Å².